The van der Waals surface area contributed by atoms with E-state index < -0.39 is 80.2 Å². The number of fused-ring (bicyclic) bond motifs is 3. The highest BCUT2D eigenvalue weighted by molar-refractivity contribution is 5.97. The summed E-state index contributed by atoms with van der Waals surface area (Å²) in [5.41, 5.74) is -4.85. The molecule has 0 radical (unpaired) electrons. The number of carbonyl (C=O) groups excluding carboxylic acids is 3. The molecule has 2 aromatic rings. The monoisotopic (exact) mass is 1140 g/mol. The first-order valence-electron chi connectivity index (χ1n) is 34.1. The minimum Gasteiger partial charge on any atom is -0.469 e. The van der Waals surface area contributed by atoms with Crippen molar-refractivity contribution < 1.29 is 53.1 Å². The highest BCUT2D eigenvalue weighted by Crippen LogP contribution is 2.94. The molecule has 8 heterocycles. The third-order valence-electron chi connectivity index (χ3n) is 30.2. The van der Waals surface area contributed by atoms with E-state index in [4.69, 9.17) is 23.4 Å². The molecule has 1 aromatic carbocycles. The number of nitrogens with zero attached hydrogens (tertiary/aromatic N) is 1. The molecule has 84 heavy (non-hydrogen) atoms. The molecule has 4 N–H and O–H groups in total. The lowest BCUT2D eigenvalue weighted by atomic mass is 9.25. The fourth-order valence-electron chi connectivity index (χ4n) is 28.3. The van der Waals surface area contributed by atoms with Crippen molar-refractivity contribution in [3.8, 4) is 0 Å². The van der Waals surface area contributed by atoms with Gasteiger partial charge in [-0.15, -0.1) is 0 Å². The Bertz CT molecular complexity index is 3190. The van der Waals surface area contributed by atoms with Gasteiger partial charge in [0.1, 0.15) is 35.8 Å². The first-order chi connectivity index (χ1) is 40.9. The molecular formula is C71H88N2O11. The summed E-state index contributed by atoms with van der Waals surface area (Å²) in [6.07, 6.45) is 24.6. The molecule has 15 fully saturated rings. The van der Waals surface area contributed by atoms with Crippen molar-refractivity contribution in [2.75, 3.05) is 26.4 Å². The highest BCUT2D eigenvalue weighted by Gasteiger charge is 3.02. The summed E-state index contributed by atoms with van der Waals surface area (Å²) in [7, 11) is 0. The number of cyclic esters (lactones) is 2. The minimum atomic E-state index is -1.47. The van der Waals surface area contributed by atoms with E-state index >= 15 is 19.5 Å². The number of hydrogen-bond donors (Lipinski definition) is 4. The van der Waals surface area contributed by atoms with Gasteiger partial charge in [0, 0.05) is 41.3 Å². The molecule has 6 spiro atoms. The number of ketones is 1. The number of aliphatic hydroxyl groups excluding tert-OH is 3. The number of Topliss-reactive ketones (excluding diaryl/α,β-unsaturated/α-hetero) is 1. The summed E-state index contributed by atoms with van der Waals surface area (Å²) in [5.74, 6) is 0.887. The Labute approximate surface area is 494 Å². The second-order valence-corrected chi connectivity index (χ2v) is 32.1. The number of epoxide rings is 1. The molecule has 7 aliphatic heterocycles. The molecule has 5 bridgehead atoms. The normalized spacial score (nSPS) is 54.0. The molecular weight excluding hydrogens is 1060 g/mol. The quantitative estimate of drug-likeness (QED) is 0.106. The molecule has 13 nitrogen and oxygen atoms in total. The van der Waals surface area contributed by atoms with Crippen LogP contribution in [0.25, 0.3) is 0 Å². The van der Waals surface area contributed by atoms with Crippen LogP contribution in [0.4, 0.5) is 0 Å². The van der Waals surface area contributed by atoms with Crippen LogP contribution in [0.5, 0.6) is 0 Å². The number of allylic oxidation sites excluding steroid dienone is 1. The lowest BCUT2D eigenvalue weighted by Gasteiger charge is -2.76. The van der Waals surface area contributed by atoms with Gasteiger partial charge in [-0.1, -0.05) is 87.9 Å². The number of aliphatic hydroxyl groups is 3. The van der Waals surface area contributed by atoms with E-state index in [-0.39, 0.29) is 78.2 Å². The zero-order valence-electron chi connectivity index (χ0n) is 49.2. The summed E-state index contributed by atoms with van der Waals surface area (Å²) in [6.45, 7) is 3.88. The van der Waals surface area contributed by atoms with Crippen LogP contribution in [0.1, 0.15) is 158 Å². The van der Waals surface area contributed by atoms with Gasteiger partial charge in [0.2, 0.25) is 0 Å². The van der Waals surface area contributed by atoms with E-state index in [1.165, 1.54) is 17.6 Å². The van der Waals surface area contributed by atoms with Crippen molar-refractivity contribution in [3.63, 3.8) is 0 Å². The largest absolute Gasteiger partial charge is 0.469 e. The van der Waals surface area contributed by atoms with Gasteiger partial charge in [-0.2, -0.15) is 0 Å². The van der Waals surface area contributed by atoms with Crippen LogP contribution in [0.15, 0.2) is 71.0 Å². The third-order valence-corrected chi connectivity index (χ3v) is 30.2. The standard InChI is InChI=1S/C71H88N2O11/c1-64-32-44-33-65-22-7-14-45(65)29-48-30-47-17-15-40-11-6-12-41-19-23-66-58(76)59(77)68(46-13-5-10-39(27-46)26-38-8-3-2-4-9-38,56(44)67(66)36-81-62(78)57(65)70(48,67)84-69(47,66)55(40)41)71(64)61(83-71)63(79)82-60(64)50-21-25-80-54(50)31-51(53(75)35-74)42-16-18-49-43(28-42)20-24-73-37-72-34-52(49)73/h2-4,8-9,20-21,24-25,30,39-47,49,51-53,55-57,59-61,72,74-75,77H,5-7,10-19,22-23,26-29,31-37H2,1H3. The van der Waals surface area contributed by atoms with Gasteiger partial charge in [-0.05, 0) is 196 Å². The Morgan fingerprint density at radius 1 is 0.857 bits per heavy atom. The summed E-state index contributed by atoms with van der Waals surface area (Å²) >= 11 is 0. The summed E-state index contributed by atoms with van der Waals surface area (Å²) in [4.78, 5) is 52.3. The van der Waals surface area contributed by atoms with Crippen LogP contribution in [0, 0.1) is 110 Å². The number of ether oxygens (including phenoxy) is 4. The smallest absolute Gasteiger partial charge is 0.339 e. The van der Waals surface area contributed by atoms with E-state index in [1.54, 1.807) is 6.26 Å². The maximum absolute atomic E-state index is 18.1. The number of esters is 2. The van der Waals surface area contributed by atoms with Crippen molar-refractivity contribution in [1.29, 1.82) is 0 Å². The van der Waals surface area contributed by atoms with Gasteiger partial charge in [0.15, 0.2) is 11.9 Å². The number of nitrogens with one attached hydrogen (secondary N) is 1. The minimum absolute atomic E-state index is 0.00154. The molecule has 448 valence electrons. The highest BCUT2D eigenvalue weighted by atomic mass is 16.7. The molecule has 5 saturated heterocycles. The summed E-state index contributed by atoms with van der Waals surface area (Å²) in [6, 6.07) is 13.3. The molecule has 17 aliphatic rings. The fraction of sp³-hybridized carbons (Fsp3) is 0.761. The number of benzene rings is 1. The molecule has 19 rings (SSSR count). The van der Waals surface area contributed by atoms with Gasteiger partial charge >= 0.3 is 11.9 Å². The maximum atomic E-state index is 18.1. The van der Waals surface area contributed by atoms with Crippen LogP contribution >= 0.6 is 0 Å². The Morgan fingerprint density at radius 3 is 2.57 bits per heavy atom. The van der Waals surface area contributed by atoms with E-state index in [2.05, 4.69) is 65.8 Å². The van der Waals surface area contributed by atoms with Crippen LogP contribution in [0.2, 0.25) is 0 Å². The van der Waals surface area contributed by atoms with E-state index in [0.717, 1.165) is 134 Å². The van der Waals surface area contributed by atoms with Crippen molar-refractivity contribution in [3.05, 3.63) is 83.5 Å². The van der Waals surface area contributed by atoms with Gasteiger partial charge in [-0.3, -0.25) is 14.9 Å². The van der Waals surface area contributed by atoms with Crippen LogP contribution in [0.3, 0.4) is 0 Å². The van der Waals surface area contributed by atoms with Gasteiger partial charge < -0.3 is 43.6 Å². The van der Waals surface area contributed by atoms with E-state index in [9.17, 15) is 10.2 Å². The molecule has 13 heteroatoms. The second kappa shape index (κ2) is 17.3. The van der Waals surface area contributed by atoms with Gasteiger partial charge in [-0.25, -0.2) is 4.79 Å². The molecule has 1 aromatic heterocycles. The number of carbonyl (C=O) groups is 3. The van der Waals surface area contributed by atoms with Gasteiger partial charge in [0.05, 0.1) is 48.0 Å². The first-order valence-corrected chi connectivity index (χ1v) is 34.1. The van der Waals surface area contributed by atoms with Crippen molar-refractivity contribution in [2.24, 2.45) is 110 Å². The molecule has 10 saturated carbocycles. The average molecular weight is 1150 g/mol. The lowest BCUT2D eigenvalue weighted by Crippen LogP contribution is -2.85. The first kappa shape index (κ1) is 52.1. The predicted octanol–water partition coefficient (Wildman–Crippen LogP) is 9.36. The van der Waals surface area contributed by atoms with Gasteiger partial charge in [0.25, 0.3) is 0 Å². The van der Waals surface area contributed by atoms with Crippen molar-refractivity contribution >= 4 is 17.7 Å². The van der Waals surface area contributed by atoms with Crippen molar-refractivity contribution in [1.82, 2.24) is 10.2 Å². The number of hydrogen-bond acceptors (Lipinski definition) is 13. The van der Waals surface area contributed by atoms with Crippen LogP contribution in [-0.4, -0.2) is 106 Å². The summed E-state index contributed by atoms with van der Waals surface area (Å²) in [5, 5.41) is 41.5. The zero-order valence-corrected chi connectivity index (χ0v) is 49.2. The van der Waals surface area contributed by atoms with Crippen LogP contribution < -0.4 is 5.32 Å². The van der Waals surface area contributed by atoms with E-state index in [1.807, 2.05) is 6.07 Å². The lowest BCUT2D eigenvalue weighted by molar-refractivity contribution is -0.314. The molecule has 0 amide bonds. The van der Waals surface area contributed by atoms with E-state index in [0.29, 0.717) is 54.7 Å². The molecule has 27 atom stereocenters. The van der Waals surface area contributed by atoms with Crippen LogP contribution in [-0.2, 0) is 46.2 Å². The Kier molecular flexibility index (Phi) is 10.7. The Morgan fingerprint density at radius 2 is 1.70 bits per heavy atom. The topological polar surface area (TPSA) is 181 Å². The second-order valence-electron chi connectivity index (χ2n) is 32.1. The Hall–Kier alpha value is -3.85. The Balaban J connectivity index is 0.819. The third kappa shape index (κ3) is 5.68. The average Bonchev–Trinajstić information content (AvgIpc) is 1.39. The SMILES string of the molecule is CC12CC3CC45CCCC4CC4=CC6CCC7CCCC8CCC9%10C(=O)C(O)C(C%11CCCC(Cc%12ccccc%12)C%11)(C3C93COC(=O)C5C43OC6%10C78)C13OC3C(=O)OC2c1ccoc1CC(C(O)CO)C1CCC2C(C=CN3CNCC23)C1. The maximum Gasteiger partial charge on any atom is 0.339 e. The number of furan rings is 1. The fourth-order valence-corrected chi connectivity index (χ4v) is 28.3. The predicted molar refractivity (Wildman–Crippen MR) is 305 cm³/mol. The van der Waals surface area contributed by atoms with Crippen molar-refractivity contribution in [2.45, 2.75) is 195 Å². The molecule has 27 unspecified atom stereocenters. The molecule has 10 aliphatic carbocycles. The summed E-state index contributed by atoms with van der Waals surface area (Å²) < 4.78 is 37.5. The zero-order chi connectivity index (χ0) is 56.3. The number of rotatable bonds is 9.